The average Bonchev–Trinajstić information content (AvgIpc) is 2.30. The molecule has 0 bridgehead atoms. The van der Waals surface area contributed by atoms with Gasteiger partial charge in [0.1, 0.15) is 0 Å². The van der Waals surface area contributed by atoms with Crippen molar-refractivity contribution in [1.82, 2.24) is 5.48 Å². The van der Waals surface area contributed by atoms with E-state index < -0.39 is 0 Å². The maximum absolute atomic E-state index is 8.42. The number of aliphatic imine (C=N–C) groups is 1. The summed E-state index contributed by atoms with van der Waals surface area (Å²) in [5.74, 6) is 0.123. The Bertz CT molecular complexity index is 189. The third-order valence-corrected chi connectivity index (χ3v) is 2.38. The number of hydrogen-bond donors (Lipinski definition) is 3. The summed E-state index contributed by atoms with van der Waals surface area (Å²) in [6.45, 7) is 4.45. The number of hydrogen-bond acceptors (Lipinski definition) is 2. The van der Waals surface area contributed by atoms with Crippen LogP contribution in [0.3, 0.4) is 0 Å². The summed E-state index contributed by atoms with van der Waals surface area (Å²) in [5.41, 5.74) is 7.56. The van der Waals surface area contributed by atoms with Crippen molar-refractivity contribution >= 4 is 5.96 Å². The summed E-state index contributed by atoms with van der Waals surface area (Å²) in [6, 6.07) is 0.277. The molecule has 1 aliphatic carbocycles. The van der Waals surface area contributed by atoms with Gasteiger partial charge in [0, 0.05) is 0 Å². The van der Waals surface area contributed by atoms with Crippen LogP contribution in [-0.4, -0.2) is 17.2 Å². The van der Waals surface area contributed by atoms with Crippen LogP contribution < -0.4 is 11.2 Å². The molecule has 0 saturated heterocycles. The van der Waals surface area contributed by atoms with Gasteiger partial charge in [-0.25, -0.2) is 10.5 Å². The molecule has 0 spiro atoms. The number of rotatable bonds is 1. The molecule has 4 N–H and O–H groups in total. The van der Waals surface area contributed by atoms with Crippen LogP contribution in [-0.2, 0) is 0 Å². The molecule has 0 aliphatic heterocycles. The standard InChI is InChI=1S/C8H17N3O/c1-8(2)4-3-6(5-8)10-7(9)11-12/h6,12H,3-5H2,1-2H3,(H3,9,10,11). The summed E-state index contributed by atoms with van der Waals surface area (Å²) in [6.07, 6.45) is 3.30. The van der Waals surface area contributed by atoms with E-state index in [1.165, 1.54) is 6.42 Å². The molecule has 0 radical (unpaired) electrons. The Morgan fingerprint density at radius 1 is 1.67 bits per heavy atom. The van der Waals surface area contributed by atoms with Gasteiger partial charge in [0.05, 0.1) is 6.04 Å². The van der Waals surface area contributed by atoms with Crippen LogP contribution in [0.1, 0.15) is 33.1 Å². The Labute approximate surface area is 72.8 Å². The van der Waals surface area contributed by atoms with Crippen LogP contribution in [0.25, 0.3) is 0 Å². The molecule has 1 saturated carbocycles. The lowest BCUT2D eigenvalue weighted by atomic mass is 9.92. The fourth-order valence-electron chi connectivity index (χ4n) is 1.74. The lowest BCUT2D eigenvalue weighted by Crippen LogP contribution is -2.30. The van der Waals surface area contributed by atoms with Crippen molar-refractivity contribution in [1.29, 1.82) is 0 Å². The highest BCUT2D eigenvalue weighted by Crippen LogP contribution is 2.38. The second kappa shape index (κ2) is 3.31. The highest BCUT2D eigenvalue weighted by atomic mass is 16.5. The SMILES string of the molecule is CC1(C)CCC(N=C(N)NO)C1. The number of nitrogens with one attached hydrogen (secondary N) is 1. The van der Waals surface area contributed by atoms with Gasteiger partial charge in [-0.15, -0.1) is 0 Å². The summed E-state index contributed by atoms with van der Waals surface area (Å²) in [4.78, 5) is 4.12. The first-order valence-electron chi connectivity index (χ1n) is 4.27. The Morgan fingerprint density at radius 2 is 2.33 bits per heavy atom. The number of hydroxylamine groups is 1. The van der Waals surface area contributed by atoms with E-state index in [1.54, 1.807) is 0 Å². The van der Waals surface area contributed by atoms with Crippen molar-refractivity contribution in [2.24, 2.45) is 16.1 Å². The Hall–Kier alpha value is -0.770. The van der Waals surface area contributed by atoms with Gasteiger partial charge >= 0.3 is 0 Å². The third kappa shape index (κ3) is 2.37. The van der Waals surface area contributed by atoms with Gasteiger partial charge in [0.2, 0.25) is 5.96 Å². The molecule has 1 unspecified atom stereocenters. The Balaban J connectivity index is 2.48. The third-order valence-electron chi connectivity index (χ3n) is 2.38. The van der Waals surface area contributed by atoms with E-state index >= 15 is 0 Å². The lowest BCUT2D eigenvalue weighted by molar-refractivity contribution is 0.232. The molecule has 4 heteroatoms. The molecule has 1 rings (SSSR count). The van der Waals surface area contributed by atoms with E-state index in [4.69, 9.17) is 10.9 Å². The first kappa shape index (κ1) is 9.32. The fraction of sp³-hybridized carbons (Fsp3) is 0.875. The van der Waals surface area contributed by atoms with Gasteiger partial charge in [-0.1, -0.05) is 13.8 Å². The van der Waals surface area contributed by atoms with Crippen molar-refractivity contribution in [2.75, 3.05) is 0 Å². The minimum Gasteiger partial charge on any atom is -0.368 e. The fourth-order valence-corrected chi connectivity index (χ4v) is 1.74. The smallest absolute Gasteiger partial charge is 0.213 e. The monoisotopic (exact) mass is 171 g/mol. The maximum Gasteiger partial charge on any atom is 0.213 e. The first-order valence-corrected chi connectivity index (χ1v) is 4.27. The van der Waals surface area contributed by atoms with Crippen molar-refractivity contribution in [3.05, 3.63) is 0 Å². The number of guanidine groups is 1. The van der Waals surface area contributed by atoms with Gasteiger partial charge in [0.15, 0.2) is 0 Å². The van der Waals surface area contributed by atoms with Crippen molar-refractivity contribution in [3.8, 4) is 0 Å². The van der Waals surface area contributed by atoms with Crippen LogP contribution in [0.2, 0.25) is 0 Å². The van der Waals surface area contributed by atoms with Crippen LogP contribution in [0.5, 0.6) is 0 Å². The predicted octanol–water partition coefficient (Wildman–Crippen LogP) is 0.859. The van der Waals surface area contributed by atoms with Gasteiger partial charge in [0.25, 0.3) is 0 Å². The summed E-state index contributed by atoms with van der Waals surface area (Å²) in [5, 5.41) is 8.42. The van der Waals surface area contributed by atoms with Crippen LogP contribution >= 0.6 is 0 Å². The highest BCUT2D eigenvalue weighted by Gasteiger charge is 2.30. The van der Waals surface area contributed by atoms with Gasteiger partial charge < -0.3 is 5.73 Å². The topological polar surface area (TPSA) is 70.6 Å². The first-order chi connectivity index (χ1) is 5.53. The molecule has 1 atom stereocenters. The minimum atomic E-state index is 0.123. The molecule has 1 aliphatic rings. The van der Waals surface area contributed by atoms with Crippen LogP contribution in [0.15, 0.2) is 4.99 Å². The maximum atomic E-state index is 8.42. The van der Waals surface area contributed by atoms with Crippen LogP contribution in [0.4, 0.5) is 0 Å². The molecular weight excluding hydrogens is 154 g/mol. The van der Waals surface area contributed by atoms with E-state index in [0.717, 1.165) is 12.8 Å². The molecule has 1 fully saturated rings. The van der Waals surface area contributed by atoms with Crippen molar-refractivity contribution < 1.29 is 5.21 Å². The molecule has 12 heavy (non-hydrogen) atoms. The molecule has 0 aromatic carbocycles. The van der Waals surface area contributed by atoms with Gasteiger partial charge in [-0.3, -0.25) is 5.21 Å². The zero-order valence-electron chi connectivity index (χ0n) is 7.67. The Morgan fingerprint density at radius 3 is 2.75 bits per heavy atom. The number of nitrogens with two attached hydrogens (primary N) is 1. The summed E-state index contributed by atoms with van der Waals surface area (Å²) in [7, 11) is 0. The number of nitrogens with zero attached hydrogens (tertiary/aromatic N) is 1. The van der Waals surface area contributed by atoms with E-state index in [9.17, 15) is 0 Å². The zero-order valence-corrected chi connectivity index (χ0v) is 7.67. The summed E-state index contributed by atoms with van der Waals surface area (Å²) < 4.78 is 0. The largest absolute Gasteiger partial charge is 0.368 e. The zero-order chi connectivity index (χ0) is 9.19. The lowest BCUT2D eigenvalue weighted by Gasteiger charge is -2.15. The molecule has 70 valence electrons. The average molecular weight is 171 g/mol. The molecule has 0 aromatic rings. The molecular formula is C8H17N3O. The molecule has 0 aromatic heterocycles. The van der Waals surface area contributed by atoms with Gasteiger partial charge in [-0.2, -0.15) is 0 Å². The van der Waals surface area contributed by atoms with Gasteiger partial charge in [-0.05, 0) is 24.7 Å². The van der Waals surface area contributed by atoms with E-state index in [0.29, 0.717) is 5.41 Å². The Kier molecular flexibility index (Phi) is 2.57. The highest BCUT2D eigenvalue weighted by molar-refractivity contribution is 5.76. The minimum absolute atomic E-state index is 0.123. The van der Waals surface area contributed by atoms with E-state index in [2.05, 4.69) is 18.8 Å². The molecule has 0 amide bonds. The molecule has 4 nitrogen and oxygen atoms in total. The second-order valence-corrected chi connectivity index (χ2v) is 4.19. The van der Waals surface area contributed by atoms with Crippen molar-refractivity contribution in [2.45, 2.75) is 39.2 Å². The second-order valence-electron chi connectivity index (χ2n) is 4.19. The van der Waals surface area contributed by atoms with E-state index in [1.807, 2.05) is 5.48 Å². The molecule has 0 heterocycles. The normalized spacial score (nSPS) is 28.9. The predicted molar refractivity (Wildman–Crippen MR) is 48.0 cm³/mol. The van der Waals surface area contributed by atoms with Crippen LogP contribution in [0, 0.1) is 5.41 Å². The quantitative estimate of drug-likeness (QED) is 0.311. The van der Waals surface area contributed by atoms with Crippen molar-refractivity contribution in [3.63, 3.8) is 0 Å². The summed E-state index contributed by atoms with van der Waals surface area (Å²) >= 11 is 0. The van der Waals surface area contributed by atoms with E-state index in [-0.39, 0.29) is 12.0 Å².